The van der Waals surface area contributed by atoms with Crippen molar-refractivity contribution >= 4 is 6.08 Å². The van der Waals surface area contributed by atoms with Gasteiger partial charge in [0.05, 0.1) is 5.56 Å². The van der Waals surface area contributed by atoms with Crippen LogP contribution in [0.25, 0.3) is 6.08 Å². The molecule has 0 bridgehead atoms. The quantitative estimate of drug-likeness (QED) is 0.589. The minimum absolute atomic E-state index is 0.00269. The summed E-state index contributed by atoms with van der Waals surface area (Å²) in [5.41, 5.74) is -1.29. The fourth-order valence-electron chi connectivity index (χ4n) is 0.811. The third-order valence-corrected chi connectivity index (χ3v) is 1.53. The maximum Gasteiger partial charge on any atom is 0.330 e. The van der Waals surface area contributed by atoms with Gasteiger partial charge in [-0.15, -0.1) is 0 Å². The molecule has 0 aromatic carbocycles. The summed E-state index contributed by atoms with van der Waals surface area (Å²) in [4.78, 5) is 23.8. The van der Waals surface area contributed by atoms with E-state index in [1.807, 2.05) is 4.98 Å². The summed E-state index contributed by atoms with van der Waals surface area (Å²) in [6.45, 7) is 3.33. The summed E-state index contributed by atoms with van der Waals surface area (Å²) in [6, 6.07) is 0. The lowest BCUT2D eigenvalue weighted by atomic mass is 10.3. The van der Waals surface area contributed by atoms with E-state index >= 15 is 0 Å². The largest absolute Gasteiger partial charge is 0.494 e. The molecule has 5 heteroatoms. The van der Waals surface area contributed by atoms with Gasteiger partial charge in [-0.05, 0) is 0 Å². The van der Waals surface area contributed by atoms with Crippen LogP contribution in [0, 0.1) is 0 Å². The number of aromatic hydroxyl groups is 1. The van der Waals surface area contributed by atoms with Crippen molar-refractivity contribution in [2.75, 3.05) is 0 Å². The molecule has 0 atom stereocenters. The van der Waals surface area contributed by atoms with Crippen LogP contribution in [0.3, 0.4) is 0 Å². The zero-order valence-corrected chi connectivity index (χ0v) is 6.50. The van der Waals surface area contributed by atoms with E-state index < -0.39 is 11.2 Å². The van der Waals surface area contributed by atoms with Gasteiger partial charge in [-0.25, -0.2) is 4.79 Å². The topological polar surface area (TPSA) is 75.1 Å². The highest BCUT2D eigenvalue weighted by Crippen LogP contribution is 2.07. The molecule has 1 heterocycles. The molecule has 0 aliphatic heterocycles. The van der Waals surface area contributed by atoms with Crippen LogP contribution in [0.2, 0.25) is 0 Å². The van der Waals surface area contributed by atoms with Crippen LogP contribution >= 0.6 is 0 Å². The molecule has 12 heavy (non-hydrogen) atoms. The number of rotatable bonds is 1. The minimum atomic E-state index is -0.650. The molecule has 64 valence electrons. The van der Waals surface area contributed by atoms with E-state index in [9.17, 15) is 14.7 Å². The van der Waals surface area contributed by atoms with Gasteiger partial charge < -0.3 is 5.11 Å². The van der Waals surface area contributed by atoms with Crippen molar-refractivity contribution in [3.63, 3.8) is 0 Å². The van der Waals surface area contributed by atoms with Gasteiger partial charge in [0.2, 0.25) is 5.88 Å². The van der Waals surface area contributed by atoms with Gasteiger partial charge in [-0.1, -0.05) is 12.7 Å². The van der Waals surface area contributed by atoms with Crippen LogP contribution in [0.4, 0.5) is 0 Å². The lowest BCUT2D eigenvalue weighted by Gasteiger charge is -2.01. The fourth-order valence-corrected chi connectivity index (χ4v) is 0.811. The van der Waals surface area contributed by atoms with Crippen molar-refractivity contribution < 1.29 is 5.11 Å². The Morgan fingerprint density at radius 2 is 2.17 bits per heavy atom. The Labute approximate surface area is 67.6 Å². The molecule has 2 N–H and O–H groups in total. The Morgan fingerprint density at radius 3 is 2.67 bits per heavy atom. The predicted molar refractivity (Wildman–Crippen MR) is 44.1 cm³/mol. The maximum absolute atomic E-state index is 10.9. The highest BCUT2D eigenvalue weighted by molar-refractivity contribution is 5.50. The summed E-state index contributed by atoms with van der Waals surface area (Å²) >= 11 is 0. The Kier molecular flexibility index (Phi) is 1.86. The van der Waals surface area contributed by atoms with Crippen LogP contribution in [0.15, 0.2) is 16.2 Å². The second kappa shape index (κ2) is 2.69. The fraction of sp³-hybridized carbons (Fsp3) is 0.143. The SMILES string of the molecule is C=Cc1c(O)n(C)c(=O)[nH]c1=O. The summed E-state index contributed by atoms with van der Waals surface area (Å²) in [5, 5.41) is 9.23. The molecule has 0 aliphatic carbocycles. The molecule has 0 saturated heterocycles. The number of nitrogens with zero attached hydrogens (tertiary/aromatic N) is 1. The Hall–Kier alpha value is -1.78. The molecule has 0 spiro atoms. The molecule has 0 radical (unpaired) electrons. The van der Waals surface area contributed by atoms with Gasteiger partial charge in [-0.2, -0.15) is 0 Å². The monoisotopic (exact) mass is 168 g/mol. The minimum Gasteiger partial charge on any atom is -0.494 e. The van der Waals surface area contributed by atoms with Crippen molar-refractivity contribution in [3.8, 4) is 5.88 Å². The normalized spacial score (nSPS) is 9.75. The van der Waals surface area contributed by atoms with Crippen LogP contribution < -0.4 is 11.2 Å². The second-order valence-corrected chi connectivity index (χ2v) is 2.26. The van der Waals surface area contributed by atoms with Gasteiger partial charge in [-0.3, -0.25) is 14.3 Å². The van der Waals surface area contributed by atoms with Gasteiger partial charge in [0.15, 0.2) is 0 Å². The van der Waals surface area contributed by atoms with E-state index in [0.29, 0.717) is 0 Å². The first kappa shape index (κ1) is 8.32. The molecule has 0 amide bonds. The highest BCUT2D eigenvalue weighted by Gasteiger charge is 2.06. The van der Waals surface area contributed by atoms with Crippen molar-refractivity contribution in [2.45, 2.75) is 0 Å². The van der Waals surface area contributed by atoms with E-state index in [4.69, 9.17) is 0 Å². The maximum atomic E-state index is 10.9. The van der Waals surface area contributed by atoms with Gasteiger partial charge in [0.1, 0.15) is 0 Å². The predicted octanol–water partition coefficient (Wildman–Crippen LogP) is -0.578. The summed E-state index contributed by atoms with van der Waals surface area (Å²) in [6.07, 6.45) is 1.19. The zero-order valence-electron chi connectivity index (χ0n) is 6.50. The molecule has 5 nitrogen and oxygen atoms in total. The summed E-state index contributed by atoms with van der Waals surface area (Å²) < 4.78 is 0.929. The van der Waals surface area contributed by atoms with Crippen LogP contribution in [0.5, 0.6) is 5.88 Å². The third-order valence-electron chi connectivity index (χ3n) is 1.53. The first-order valence-corrected chi connectivity index (χ1v) is 3.22. The smallest absolute Gasteiger partial charge is 0.330 e. The van der Waals surface area contributed by atoms with E-state index in [1.165, 1.54) is 13.1 Å². The van der Waals surface area contributed by atoms with Crippen molar-refractivity contribution in [2.24, 2.45) is 7.05 Å². The highest BCUT2D eigenvalue weighted by atomic mass is 16.3. The molecule has 0 saturated carbocycles. The summed E-state index contributed by atoms with van der Waals surface area (Å²) in [7, 11) is 1.35. The van der Waals surface area contributed by atoms with Crippen molar-refractivity contribution in [1.29, 1.82) is 0 Å². The molecular weight excluding hydrogens is 160 g/mol. The molecule has 0 fully saturated rings. The summed E-state index contributed by atoms with van der Waals surface area (Å²) in [5.74, 6) is -0.376. The number of nitrogens with one attached hydrogen (secondary N) is 1. The van der Waals surface area contributed by atoms with Gasteiger partial charge >= 0.3 is 5.69 Å². The molecule has 0 aliphatic rings. The second-order valence-electron chi connectivity index (χ2n) is 2.26. The van der Waals surface area contributed by atoms with E-state index in [0.717, 1.165) is 4.57 Å². The van der Waals surface area contributed by atoms with Crippen LogP contribution in [0.1, 0.15) is 5.56 Å². The Bertz CT molecular complexity index is 427. The average Bonchev–Trinajstić information content (AvgIpc) is 2.01. The average molecular weight is 168 g/mol. The first-order valence-electron chi connectivity index (χ1n) is 3.22. The Balaban J connectivity index is 3.74. The number of aromatic nitrogens is 2. The third kappa shape index (κ3) is 1.05. The molecule has 1 rings (SSSR count). The van der Waals surface area contributed by atoms with Gasteiger partial charge in [0, 0.05) is 7.05 Å². The van der Waals surface area contributed by atoms with Crippen LogP contribution in [-0.2, 0) is 7.05 Å². The van der Waals surface area contributed by atoms with E-state index in [2.05, 4.69) is 6.58 Å². The first-order chi connectivity index (χ1) is 5.57. The molecule has 1 aromatic rings. The number of hydrogen-bond donors (Lipinski definition) is 2. The zero-order chi connectivity index (χ0) is 9.30. The lowest BCUT2D eigenvalue weighted by molar-refractivity contribution is 0.416. The van der Waals surface area contributed by atoms with Crippen LogP contribution in [-0.4, -0.2) is 14.7 Å². The number of hydrogen-bond acceptors (Lipinski definition) is 3. The molecular formula is C7H8N2O3. The van der Waals surface area contributed by atoms with E-state index in [1.54, 1.807) is 0 Å². The molecule has 1 aromatic heterocycles. The van der Waals surface area contributed by atoms with Crippen molar-refractivity contribution in [3.05, 3.63) is 33.0 Å². The van der Waals surface area contributed by atoms with Crippen molar-refractivity contribution in [1.82, 2.24) is 9.55 Å². The molecule has 0 unspecified atom stereocenters. The lowest BCUT2D eigenvalue weighted by Crippen LogP contribution is -2.29. The number of H-pyrrole nitrogens is 1. The van der Waals surface area contributed by atoms with E-state index in [-0.39, 0.29) is 11.4 Å². The van der Waals surface area contributed by atoms with Gasteiger partial charge in [0.25, 0.3) is 5.56 Å². The Morgan fingerprint density at radius 1 is 1.58 bits per heavy atom. The number of aromatic amines is 1. The standard InChI is InChI=1S/C7H8N2O3/c1-3-4-5(10)8-7(12)9(2)6(4)11/h3,11H,1H2,2H3,(H,8,10,12).